The second-order valence-corrected chi connectivity index (χ2v) is 6.94. The lowest BCUT2D eigenvalue weighted by Gasteiger charge is -2.47. The van der Waals surface area contributed by atoms with E-state index in [0.717, 1.165) is 6.42 Å². The Bertz CT molecular complexity index is 655. The highest BCUT2D eigenvalue weighted by molar-refractivity contribution is 6.39. The molecular weight excluding hydrogens is 306 g/mol. The SMILES string of the molecule is CC1(C)COCC(Cc2ccccc2)N1C(=O)C1=NNC(=O)CC1. The summed E-state index contributed by atoms with van der Waals surface area (Å²) in [5, 5.41) is 3.98. The zero-order valence-electron chi connectivity index (χ0n) is 14.1. The Morgan fingerprint density at radius 2 is 2.08 bits per heavy atom. The maximum Gasteiger partial charge on any atom is 0.270 e. The van der Waals surface area contributed by atoms with Crippen molar-refractivity contribution in [1.82, 2.24) is 10.3 Å². The van der Waals surface area contributed by atoms with Gasteiger partial charge in [0.1, 0.15) is 5.71 Å². The number of rotatable bonds is 3. The van der Waals surface area contributed by atoms with Crippen LogP contribution in [-0.4, -0.2) is 47.2 Å². The molecule has 0 saturated carbocycles. The van der Waals surface area contributed by atoms with Gasteiger partial charge in [-0.25, -0.2) is 5.43 Å². The maximum atomic E-state index is 13.1. The summed E-state index contributed by atoms with van der Waals surface area (Å²) in [6.45, 7) is 5.00. The van der Waals surface area contributed by atoms with Crippen molar-refractivity contribution in [2.75, 3.05) is 13.2 Å². The molecular formula is C18H23N3O3. The molecule has 1 aromatic rings. The molecule has 1 fully saturated rings. The first kappa shape index (κ1) is 16.6. The Kier molecular flexibility index (Phi) is 4.66. The molecule has 0 radical (unpaired) electrons. The van der Waals surface area contributed by atoms with E-state index in [1.54, 1.807) is 0 Å². The Balaban J connectivity index is 1.84. The standard InChI is InChI=1S/C18H23N3O3/c1-18(2)12-24-11-14(10-13-6-4-3-5-7-13)21(18)17(23)15-8-9-16(22)20-19-15/h3-7,14H,8-12H2,1-2H3,(H,20,22). The average molecular weight is 329 g/mol. The third kappa shape index (κ3) is 3.48. The average Bonchev–Trinajstić information content (AvgIpc) is 2.55. The summed E-state index contributed by atoms with van der Waals surface area (Å²) in [5.74, 6) is -0.252. The molecule has 3 rings (SSSR count). The summed E-state index contributed by atoms with van der Waals surface area (Å²) in [6.07, 6.45) is 1.42. The molecule has 2 aliphatic heterocycles. The summed E-state index contributed by atoms with van der Waals surface area (Å²) >= 11 is 0. The van der Waals surface area contributed by atoms with Crippen molar-refractivity contribution in [2.45, 2.75) is 44.7 Å². The number of morpholine rings is 1. The Labute approximate surface area is 141 Å². The molecule has 0 aromatic heterocycles. The number of hydrogen-bond donors (Lipinski definition) is 1. The van der Waals surface area contributed by atoms with Crippen LogP contribution in [0.2, 0.25) is 0 Å². The fraction of sp³-hybridized carbons (Fsp3) is 0.500. The topological polar surface area (TPSA) is 71.0 Å². The van der Waals surface area contributed by atoms with Gasteiger partial charge in [0.15, 0.2) is 0 Å². The number of benzene rings is 1. The molecule has 6 nitrogen and oxygen atoms in total. The fourth-order valence-corrected chi connectivity index (χ4v) is 3.33. The van der Waals surface area contributed by atoms with Crippen molar-refractivity contribution < 1.29 is 14.3 Å². The van der Waals surface area contributed by atoms with E-state index in [0.29, 0.717) is 31.8 Å². The molecule has 0 aliphatic carbocycles. The highest BCUT2D eigenvalue weighted by Gasteiger charge is 2.42. The molecule has 1 N–H and O–H groups in total. The van der Waals surface area contributed by atoms with Gasteiger partial charge in [0, 0.05) is 12.8 Å². The van der Waals surface area contributed by atoms with E-state index in [1.165, 1.54) is 5.56 Å². The van der Waals surface area contributed by atoms with Gasteiger partial charge >= 0.3 is 0 Å². The van der Waals surface area contributed by atoms with Crippen LogP contribution in [0.3, 0.4) is 0 Å². The summed E-state index contributed by atoms with van der Waals surface area (Å²) in [7, 11) is 0. The fourth-order valence-electron chi connectivity index (χ4n) is 3.33. The molecule has 2 heterocycles. The van der Waals surface area contributed by atoms with E-state index in [-0.39, 0.29) is 17.9 Å². The smallest absolute Gasteiger partial charge is 0.270 e. The van der Waals surface area contributed by atoms with E-state index in [2.05, 4.69) is 22.7 Å². The predicted octanol–water partition coefficient (Wildman–Crippen LogP) is 1.50. The van der Waals surface area contributed by atoms with Gasteiger partial charge < -0.3 is 9.64 Å². The number of hydrazone groups is 1. The molecule has 128 valence electrons. The minimum absolute atomic E-state index is 0.0519. The van der Waals surface area contributed by atoms with E-state index in [4.69, 9.17) is 4.74 Å². The third-order valence-electron chi connectivity index (χ3n) is 4.47. The molecule has 6 heteroatoms. The van der Waals surface area contributed by atoms with Gasteiger partial charge in [-0.05, 0) is 25.8 Å². The highest BCUT2D eigenvalue weighted by atomic mass is 16.5. The second kappa shape index (κ2) is 6.73. The van der Waals surface area contributed by atoms with Crippen LogP contribution < -0.4 is 5.43 Å². The number of carbonyl (C=O) groups excluding carboxylic acids is 2. The number of amides is 2. The van der Waals surface area contributed by atoms with Crippen molar-refractivity contribution in [3.05, 3.63) is 35.9 Å². The van der Waals surface area contributed by atoms with E-state index < -0.39 is 5.54 Å². The number of nitrogens with zero attached hydrogens (tertiary/aromatic N) is 2. The number of nitrogens with one attached hydrogen (secondary N) is 1. The van der Waals surface area contributed by atoms with Crippen molar-refractivity contribution in [2.24, 2.45) is 5.10 Å². The normalized spacial score (nSPS) is 23.4. The number of hydrogen-bond acceptors (Lipinski definition) is 4. The van der Waals surface area contributed by atoms with Crippen LogP contribution in [-0.2, 0) is 20.7 Å². The van der Waals surface area contributed by atoms with Gasteiger partial charge in [-0.15, -0.1) is 0 Å². The monoisotopic (exact) mass is 329 g/mol. The van der Waals surface area contributed by atoms with Crippen LogP contribution in [0, 0.1) is 0 Å². The first-order valence-corrected chi connectivity index (χ1v) is 8.28. The minimum Gasteiger partial charge on any atom is -0.377 e. The van der Waals surface area contributed by atoms with Crippen LogP contribution in [0.15, 0.2) is 35.4 Å². The molecule has 1 saturated heterocycles. The van der Waals surface area contributed by atoms with Gasteiger partial charge in [0.05, 0.1) is 24.8 Å². The number of carbonyl (C=O) groups is 2. The van der Waals surface area contributed by atoms with Crippen LogP contribution in [0.4, 0.5) is 0 Å². The van der Waals surface area contributed by atoms with Gasteiger partial charge in [-0.1, -0.05) is 30.3 Å². The van der Waals surface area contributed by atoms with Gasteiger partial charge in [0.2, 0.25) is 5.91 Å². The quantitative estimate of drug-likeness (QED) is 0.913. The third-order valence-corrected chi connectivity index (χ3v) is 4.47. The predicted molar refractivity (Wildman–Crippen MR) is 90.5 cm³/mol. The number of ether oxygens (including phenoxy) is 1. The lowest BCUT2D eigenvalue weighted by molar-refractivity contribution is -0.147. The van der Waals surface area contributed by atoms with E-state index in [9.17, 15) is 9.59 Å². The van der Waals surface area contributed by atoms with Crippen molar-refractivity contribution in [1.29, 1.82) is 0 Å². The second-order valence-electron chi connectivity index (χ2n) is 6.94. The first-order chi connectivity index (χ1) is 11.5. The summed E-state index contributed by atoms with van der Waals surface area (Å²) in [5.41, 5.74) is 3.58. The summed E-state index contributed by atoms with van der Waals surface area (Å²) < 4.78 is 5.75. The Morgan fingerprint density at radius 3 is 2.75 bits per heavy atom. The zero-order chi connectivity index (χ0) is 17.2. The Morgan fingerprint density at radius 1 is 1.33 bits per heavy atom. The van der Waals surface area contributed by atoms with E-state index in [1.807, 2.05) is 36.9 Å². The molecule has 0 bridgehead atoms. The zero-order valence-corrected chi connectivity index (χ0v) is 14.1. The largest absolute Gasteiger partial charge is 0.377 e. The molecule has 0 spiro atoms. The van der Waals surface area contributed by atoms with Crippen molar-refractivity contribution in [3.63, 3.8) is 0 Å². The molecule has 2 amide bonds. The molecule has 1 atom stereocenters. The van der Waals surface area contributed by atoms with Crippen molar-refractivity contribution >= 4 is 17.5 Å². The van der Waals surface area contributed by atoms with Crippen LogP contribution in [0.1, 0.15) is 32.3 Å². The van der Waals surface area contributed by atoms with Crippen LogP contribution in [0.5, 0.6) is 0 Å². The van der Waals surface area contributed by atoms with Gasteiger partial charge in [-0.2, -0.15) is 5.10 Å². The summed E-state index contributed by atoms with van der Waals surface area (Å²) in [6, 6.07) is 10.0. The Hall–Kier alpha value is -2.21. The first-order valence-electron chi connectivity index (χ1n) is 8.28. The maximum absolute atomic E-state index is 13.1. The molecule has 2 aliphatic rings. The lowest BCUT2D eigenvalue weighted by Crippen LogP contribution is -2.63. The molecule has 24 heavy (non-hydrogen) atoms. The van der Waals surface area contributed by atoms with Gasteiger partial charge in [0.25, 0.3) is 5.91 Å². The lowest BCUT2D eigenvalue weighted by atomic mass is 9.94. The highest BCUT2D eigenvalue weighted by Crippen LogP contribution is 2.27. The summed E-state index contributed by atoms with van der Waals surface area (Å²) in [4.78, 5) is 26.2. The van der Waals surface area contributed by atoms with Crippen molar-refractivity contribution in [3.8, 4) is 0 Å². The van der Waals surface area contributed by atoms with Crippen LogP contribution >= 0.6 is 0 Å². The van der Waals surface area contributed by atoms with Crippen LogP contribution in [0.25, 0.3) is 0 Å². The minimum atomic E-state index is -0.418. The van der Waals surface area contributed by atoms with Gasteiger partial charge in [-0.3, -0.25) is 9.59 Å². The van der Waals surface area contributed by atoms with E-state index >= 15 is 0 Å². The molecule has 1 aromatic carbocycles. The molecule has 1 unspecified atom stereocenters.